The van der Waals surface area contributed by atoms with Crippen molar-refractivity contribution in [3.8, 4) is 0 Å². The molecule has 0 saturated carbocycles. The van der Waals surface area contributed by atoms with Crippen LogP contribution in [0.3, 0.4) is 0 Å². The van der Waals surface area contributed by atoms with Crippen LogP contribution in [0.15, 0.2) is 0 Å². The molecule has 2 heterocycles. The second-order valence-electron chi connectivity index (χ2n) is 3.85. The molecule has 0 spiro atoms. The fourth-order valence-electron chi connectivity index (χ4n) is 1.21. The minimum atomic E-state index is -4.59. The van der Waals surface area contributed by atoms with Crippen LogP contribution >= 0.6 is 11.3 Å². The second-order valence-corrected chi connectivity index (χ2v) is 4.81. The van der Waals surface area contributed by atoms with E-state index in [1.54, 1.807) is 0 Å². The number of hydrogen-bond donors (Lipinski definition) is 1. The van der Waals surface area contributed by atoms with Gasteiger partial charge in [0.15, 0.2) is 11.4 Å². The Hall–Kier alpha value is -1.26. The number of hydrogen-bond acceptors (Lipinski definition) is 6. The Kier molecular flexibility index (Phi) is 3.03. The van der Waals surface area contributed by atoms with E-state index >= 15 is 0 Å². The molecule has 0 amide bonds. The Morgan fingerprint density at radius 3 is 2.61 bits per heavy atom. The van der Waals surface area contributed by atoms with Gasteiger partial charge in [-0.25, -0.2) is 0 Å². The number of fused-ring (bicyclic) bond motifs is 1. The van der Waals surface area contributed by atoms with Gasteiger partial charge in [-0.05, 0) is 6.92 Å². The third kappa shape index (κ3) is 1.95. The van der Waals surface area contributed by atoms with Crippen LogP contribution < -0.4 is 5.73 Å². The number of alkyl halides is 3. The van der Waals surface area contributed by atoms with Gasteiger partial charge in [-0.2, -0.15) is 22.8 Å². The van der Waals surface area contributed by atoms with Crippen LogP contribution in [0, 0.1) is 0 Å². The predicted molar refractivity (Wildman–Crippen MR) is 57.0 cm³/mol. The summed E-state index contributed by atoms with van der Waals surface area (Å²) in [4.78, 5) is 0.248. The molecule has 2 rings (SSSR count). The molecule has 0 aliphatic rings. The quantitative estimate of drug-likeness (QED) is 0.910. The molecule has 0 radical (unpaired) electrons. The number of nitrogens with two attached hydrogens (primary N) is 1. The first kappa shape index (κ1) is 13.2. The van der Waals surface area contributed by atoms with Gasteiger partial charge >= 0.3 is 6.18 Å². The van der Waals surface area contributed by atoms with Crippen LogP contribution in [0.2, 0.25) is 0 Å². The lowest BCUT2D eigenvalue weighted by molar-refractivity contribution is -0.184. The molecule has 0 aliphatic heterocycles. The summed E-state index contributed by atoms with van der Waals surface area (Å²) in [5, 5.41) is 11.0. The first-order valence-corrected chi connectivity index (χ1v) is 5.65. The number of nitrogens with zero attached hydrogens (tertiary/aromatic N) is 4. The summed E-state index contributed by atoms with van der Waals surface area (Å²) in [7, 11) is 1.44. The monoisotopic (exact) mass is 281 g/mol. The Labute approximate surface area is 104 Å². The molecule has 0 bridgehead atoms. The molecular weight excluding hydrogens is 271 g/mol. The average Bonchev–Trinajstić information content (AvgIpc) is 2.79. The molecule has 6 nitrogen and oxygen atoms in total. The number of methoxy groups -OCH3 is 1. The van der Waals surface area contributed by atoms with Crippen LogP contribution in [-0.4, -0.2) is 33.1 Å². The lowest BCUT2D eigenvalue weighted by Crippen LogP contribution is -2.47. The summed E-state index contributed by atoms with van der Waals surface area (Å²) < 4.78 is 44.4. The van der Waals surface area contributed by atoms with Crippen LogP contribution in [0.1, 0.15) is 17.8 Å². The van der Waals surface area contributed by atoms with E-state index in [4.69, 9.17) is 10.5 Å². The van der Waals surface area contributed by atoms with Crippen LogP contribution in [0.5, 0.6) is 0 Å². The maximum atomic E-state index is 12.8. The Morgan fingerprint density at radius 1 is 1.39 bits per heavy atom. The highest BCUT2D eigenvalue weighted by atomic mass is 32.1. The Balaban J connectivity index is 2.48. The smallest absolute Gasteiger partial charge is 0.377 e. The normalized spacial score (nSPS) is 16.1. The maximum absolute atomic E-state index is 12.8. The number of ether oxygens (including phenoxy) is 1. The minimum absolute atomic E-state index is 0.109. The Bertz CT molecular complexity index is 561. The molecule has 18 heavy (non-hydrogen) atoms. The van der Waals surface area contributed by atoms with Gasteiger partial charge in [0.05, 0.1) is 0 Å². The van der Waals surface area contributed by atoms with Gasteiger partial charge in [-0.15, -0.1) is 10.2 Å². The van der Waals surface area contributed by atoms with Crippen LogP contribution in [0.4, 0.5) is 13.2 Å². The summed E-state index contributed by atoms with van der Waals surface area (Å²) in [5.74, 6) is 0.327. The third-order valence-electron chi connectivity index (χ3n) is 2.36. The van der Waals surface area contributed by atoms with E-state index in [9.17, 15) is 13.2 Å². The Morgan fingerprint density at radius 2 is 2.06 bits per heavy atom. The highest BCUT2D eigenvalue weighted by Gasteiger charge is 2.52. The van der Waals surface area contributed by atoms with Gasteiger partial charge in [-0.3, -0.25) is 0 Å². The zero-order valence-electron chi connectivity index (χ0n) is 9.52. The first-order valence-electron chi connectivity index (χ1n) is 4.83. The largest absolute Gasteiger partial charge is 0.412 e. The summed E-state index contributed by atoms with van der Waals surface area (Å²) >= 11 is 0.755. The fraction of sp³-hybridized carbons (Fsp3) is 0.625. The molecule has 10 heteroatoms. The van der Waals surface area contributed by atoms with Crippen molar-refractivity contribution in [2.24, 2.45) is 5.73 Å². The van der Waals surface area contributed by atoms with E-state index in [1.165, 1.54) is 11.6 Å². The minimum Gasteiger partial charge on any atom is -0.377 e. The topological polar surface area (TPSA) is 78.3 Å². The molecule has 0 fully saturated rings. The van der Waals surface area contributed by atoms with Gasteiger partial charge in [-0.1, -0.05) is 11.3 Å². The van der Waals surface area contributed by atoms with E-state index in [-0.39, 0.29) is 16.6 Å². The molecule has 0 saturated heterocycles. The van der Waals surface area contributed by atoms with Crippen molar-refractivity contribution in [3.63, 3.8) is 0 Å². The van der Waals surface area contributed by atoms with E-state index < -0.39 is 11.7 Å². The number of rotatable bonds is 3. The molecule has 1 unspecified atom stereocenters. The number of aromatic nitrogens is 4. The van der Waals surface area contributed by atoms with Gasteiger partial charge in [0.2, 0.25) is 4.96 Å². The van der Waals surface area contributed by atoms with Crippen molar-refractivity contribution in [2.45, 2.75) is 25.2 Å². The third-order valence-corrected chi connectivity index (χ3v) is 3.50. The van der Waals surface area contributed by atoms with E-state index in [0.717, 1.165) is 18.3 Å². The van der Waals surface area contributed by atoms with Gasteiger partial charge < -0.3 is 10.5 Å². The fourth-order valence-corrected chi connectivity index (χ4v) is 2.15. The number of halogens is 3. The summed E-state index contributed by atoms with van der Waals surface area (Å²) in [6, 6.07) is 0. The highest BCUT2D eigenvalue weighted by Crippen LogP contribution is 2.37. The summed E-state index contributed by atoms with van der Waals surface area (Å²) in [6.07, 6.45) is -4.59. The lowest BCUT2D eigenvalue weighted by Gasteiger charge is -2.24. The lowest BCUT2D eigenvalue weighted by atomic mass is 10.1. The van der Waals surface area contributed by atoms with Crippen molar-refractivity contribution in [3.05, 3.63) is 10.8 Å². The van der Waals surface area contributed by atoms with Gasteiger partial charge in [0, 0.05) is 7.11 Å². The predicted octanol–water partition coefficient (Wildman–Crippen LogP) is 1.07. The van der Waals surface area contributed by atoms with Crippen molar-refractivity contribution in [1.29, 1.82) is 0 Å². The van der Waals surface area contributed by atoms with E-state index in [0.29, 0.717) is 5.82 Å². The standard InChI is InChI=1S/C8H10F3N5OS/c1-7(12,8(9,10)11)5-15-16-4(3-17-2)13-14-6(16)18-5/h3,12H2,1-2H3. The van der Waals surface area contributed by atoms with Crippen LogP contribution in [0.25, 0.3) is 4.96 Å². The molecule has 2 aromatic rings. The van der Waals surface area contributed by atoms with Gasteiger partial charge in [0.1, 0.15) is 11.6 Å². The van der Waals surface area contributed by atoms with Crippen molar-refractivity contribution < 1.29 is 17.9 Å². The van der Waals surface area contributed by atoms with Crippen molar-refractivity contribution >= 4 is 16.3 Å². The molecule has 2 N–H and O–H groups in total. The van der Waals surface area contributed by atoms with Gasteiger partial charge in [0.25, 0.3) is 0 Å². The van der Waals surface area contributed by atoms with E-state index in [2.05, 4.69) is 15.3 Å². The maximum Gasteiger partial charge on any atom is 0.412 e. The summed E-state index contributed by atoms with van der Waals surface area (Å²) in [6.45, 7) is 0.979. The van der Waals surface area contributed by atoms with E-state index in [1.807, 2.05) is 0 Å². The molecule has 0 aliphatic carbocycles. The van der Waals surface area contributed by atoms with Crippen molar-refractivity contribution in [2.75, 3.05) is 7.11 Å². The molecule has 0 aromatic carbocycles. The second kappa shape index (κ2) is 4.14. The highest BCUT2D eigenvalue weighted by molar-refractivity contribution is 7.16. The molecule has 1 atom stereocenters. The average molecular weight is 281 g/mol. The zero-order valence-corrected chi connectivity index (χ0v) is 10.3. The van der Waals surface area contributed by atoms with Crippen LogP contribution in [-0.2, 0) is 16.9 Å². The zero-order chi connectivity index (χ0) is 13.6. The molecule has 100 valence electrons. The van der Waals surface area contributed by atoms with Crippen molar-refractivity contribution in [1.82, 2.24) is 19.8 Å². The SMILES string of the molecule is COCc1nnc2sc(C(C)(N)C(F)(F)F)nn12. The summed E-state index contributed by atoms with van der Waals surface area (Å²) in [5.41, 5.74) is 2.78. The first-order chi connectivity index (χ1) is 8.27. The molecular formula is C8H10F3N5OS. The molecule has 2 aromatic heterocycles.